The van der Waals surface area contributed by atoms with Gasteiger partial charge in [0.2, 0.25) is 0 Å². The summed E-state index contributed by atoms with van der Waals surface area (Å²) in [6.07, 6.45) is 4.13. The second-order valence-electron chi connectivity index (χ2n) is 3.66. The molecule has 20 heavy (non-hydrogen) atoms. The van der Waals surface area contributed by atoms with Gasteiger partial charge in [0.25, 0.3) is 0 Å². The molecular weight excluding hydrogens is 303 g/mol. The molecule has 0 spiro atoms. The van der Waals surface area contributed by atoms with Gasteiger partial charge in [-0.25, -0.2) is 14.5 Å². The van der Waals surface area contributed by atoms with Gasteiger partial charge in [-0.05, 0) is 18.2 Å². The number of benzene rings is 1. The zero-order valence-corrected chi connectivity index (χ0v) is 11.9. The Morgan fingerprint density at radius 1 is 1.35 bits per heavy atom. The minimum Gasteiger partial charge on any atom is -0.464 e. The van der Waals surface area contributed by atoms with E-state index in [4.69, 9.17) is 23.2 Å². The van der Waals surface area contributed by atoms with Crippen molar-refractivity contribution < 1.29 is 9.53 Å². The van der Waals surface area contributed by atoms with Crippen molar-refractivity contribution in [2.45, 2.75) is 0 Å². The van der Waals surface area contributed by atoms with E-state index in [-0.39, 0.29) is 5.70 Å². The highest BCUT2D eigenvalue weighted by atomic mass is 35.5. The van der Waals surface area contributed by atoms with Crippen LogP contribution < -0.4 is 5.32 Å². The van der Waals surface area contributed by atoms with Gasteiger partial charge in [-0.3, -0.25) is 0 Å². The summed E-state index contributed by atoms with van der Waals surface area (Å²) in [6, 6.07) is 4.94. The van der Waals surface area contributed by atoms with Crippen LogP contribution in [0, 0.1) is 0 Å². The topological polar surface area (TPSA) is 69.0 Å². The van der Waals surface area contributed by atoms with Crippen LogP contribution in [0.3, 0.4) is 0 Å². The lowest BCUT2D eigenvalue weighted by molar-refractivity contribution is -0.134. The largest absolute Gasteiger partial charge is 0.464 e. The summed E-state index contributed by atoms with van der Waals surface area (Å²) in [4.78, 5) is 15.5. The van der Waals surface area contributed by atoms with Crippen molar-refractivity contribution in [3.63, 3.8) is 0 Å². The molecule has 0 amide bonds. The van der Waals surface area contributed by atoms with Gasteiger partial charge in [-0.15, -0.1) is 0 Å². The van der Waals surface area contributed by atoms with Gasteiger partial charge in [-0.1, -0.05) is 23.2 Å². The maximum atomic E-state index is 11.7. The Balaban J connectivity index is 2.27. The minimum absolute atomic E-state index is 0.168. The van der Waals surface area contributed by atoms with Crippen molar-refractivity contribution in [1.82, 2.24) is 14.8 Å². The van der Waals surface area contributed by atoms with E-state index in [1.54, 1.807) is 18.2 Å². The Morgan fingerprint density at radius 2 is 2.05 bits per heavy atom. The number of hydrogen-bond donors (Lipinski definition) is 1. The van der Waals surface area contributed by atoms with Crippen LogP contribution in [0.4, 0.5) is 5.69 Å². The molecule has 6 nitrogen and oxygen atoms in total. The van der Waals surface area contributed by atoms with Gasteiger partial charge >= 0.3 is 5.97 Å². The van der Waals surface area contributed by atoms with E-state index in [1.165, 1.54) is 30.6 Å². The number of nitrogens with one attached hydrogen (secondary N) is 1. The molecule has 0 aliphatic carbocycles. The zero-order valence-electron chi connectivity index (χ0n) is 10.4. The molecule has 2 rings (SSSR count). The number of aromatic nitrogens is 3. The molecule has 0 fully saturated rings. The Morgan fingerprint density at radius 3 is 2.60 bits per heavy atom. The Bertz CT molecular complexity index is 621. The van der Waals surface area contributed by atoms with Crippen LogP contribution in [-0.4, -0.2) is 27.8 Å². The van der Waals surface area contributed by atoms with Crippen LogP contribution in [0.15, 0.2) is 37.1 Å². The molecule has 0 aliphatic heterocycles. The summed E-state index contributed by atoms with van der Waals surface area (Å²) in [5.74, 6) is -0.559. The summed E-state index contributed by atoms with van der Waals surface area (Å²) < 4.78 is 5.97. The first-order chi connectivity index (χ1) is 9.60. The molecule has 8 heteroatoms. The maximum Gasteiger partial charge on any atom is 0.358 e. The molecule has 0 saturated carbocycles. The predicted octanol–water partition coefficient (Wildman–Crippen LogP) is 2.67. The quantitative estimate of drug-likeness (QED) is 0.694. The number of hydrogen-bond acceptors (Lipinski definition) is 5. The SMILES string of the molecule is COC(=O)/C(=C/Nc1cc(Cl)cc(Cl)c1)n1cncn1. The van der Waals surface area contributed by atoms with Crippen LogP contribution in [0.25, 0.3) is 5.70 Å². The van der Waals surface area contributed by atoms with Crippen LogP contribution in [0.2, 0.25) is 10.0 Å². The van der Waals surface area contributed by atoms with E-state index in [2.05, 4.69) is 20.1 Å². The van der Waals surface area contributed by atoms with E-state index in [9.17, 15) is 4.79 Å². The van der Waals surface area contributed by atoms with E-state index >= 15 is 0 Å². The van der Waals surface area contributed by atoms with Gasteiger partial charge in [0, 0.05) is 21.9 Å². The van der Waals surface area contributed by atoms with Crippen molar-refractivity contribution in [3.8, 4) is 0 Å². The Labute approximate surface area is 125 Å². The monoisotopic (exact) mass is 312 g/mol. The van der Waals surface area contributed by atoms with Crippen molar-refractivity contribution in [2.24, 2.45) is 0 Å². The molecule has 1 N–H and O–H groups in total. The predicted molar refractivity (Wildman–Crippen MR) is 76.4 cm³/mol. The molecule has 1 aromatic carbocycles. The number of anilines is 1. The standard InChI is InChI=1S/C12H10Cl2N4O2/c1-20-12(19)11(18-7-15-6-17-18)5-16-10-3-8(13)2-9(14)4-10/h2-7,16H,1H3/b11-5-. The second kappa shape index (κ2) is 6.40. The first-order valence-electron chi connectivity index (χ1n) is 5.46. The number of ether oxygens (including phenoxy) is 1. The van der Waals surface area contributed by atoms with Gasteiger partial charge in [-0.2, -0.15) is 5.10 Å². The summed E-state index contributed by atoms with van der Waals surface area (Å²) in [5, 5.41) is 7.75. The number of carbonyl (C=O) groups excluding carboxylic acids is 1. The Hall–Kier alpha value is -2.05. The van der Waals surface area contributed by atoms with Gasteiger partial charge in [0.1, 0.15) is 12.7 Å². The van der Waals surface area contributed by atoms with Crippen LogP contribution in [0.1, 0.15) is 0 Å². The molecule has 2 aromatic rings. The van der Waals surface area contributed by atoms with E-state index in [1.807, 2.05) is 0 Å². The molecular formula is C12H10Cl2N4O2. The fraction of sp³-hybridized carbons (Fsp3) is 0.0833. The molecule has 0 radical (unpaired) electrons. The zero-order chi connectivity index (χ0) is 14.5. The molecule has 0 unspecified atom stereocenters. The summed E-state index contributed by atoms with van der Waals surface area (Å²) in [5.41, 5.74) is 0.796. The van der Waals surface area contributed by atoms with E-state index in [0.29, 0.717) is 15.7 Å². The summed E-state index contributed by atoms with van der Waals surface area (Å²) in [6.45, 7) is 0. The summed E-state index contributed by atoms with van der Waals surface area (Å²) >= 11 is 11.8. The third kappa shape index (κ3) is 3.49. The van der Waals surface area contributed by atoms with Gasteiger partial charge in [0.15, 0.2) is 5.70 Å². The average Bonchev–Trinajstić information content (AvgIpc) is 2.91. The fourth-order valence-corrected chi connectivity index (χ4v) is 1.97. The van der Waals surface area contributed by atoms with Crippen molar-refractivity contribution in [2.75, 3.05) is 12.4 Å². The molecule has 1 aromatic heterocycles. The van der Waals surface area contributed by atoms with Crippen molar-refractivity contribution in [3.05, 3.63) is 47.1 Å². The van der Waals surface area contributed by atoms with E-state index < -0.39 is 5.97 Å². The van der Waals surface area contributed by atoms with Crippen LogP contribution in [-0.2, 0) is 9.53 Å². The highest BCUT2D eigenvalue weighted by molar-refractivity contribution is 6.35. The van der Waals surface area contributed by atoms with E-state index in [0.717, 1.165) is 0 Å². The first-order valence-corrected chi connectivity index (χ1v) is 6.22. The number of halogens is 2. The lowest BCUT2D eigenvalue weighted by Gasteiger charge is -2.07. The lowest BCUT2D eigenvalue weighted by Crippen LogP contribution is -2.12. The number of methoxy groups -OCH3 is 1. The highest BCUT2D eigenvalue weighted by Crippen LogP contribution is 2.22. The highest BCUT2D eigenvalue weighted by Gasteiger charge is 2.12. The fourth-order valence-electron chi connectivity index (χ4n) is 1.44. The normalized spacial score (nSPS) is 11.2. The molecule has 0 aliphatic rings. The van der Waals surface area contributed by atoms with Gasteiger partial charge < -0.3 is 10.1 Å². The smallest absolute Gasteiger partial charge is 0.358 e. The molecule has 0 atom stereocenters. The van der Waals surface area contributed by atoms with Gasteiger partial charge in [0.05, 0.1) is 7.11 Å². The second-order valence-corrected chi connectivity index (χ2v) is 4.54. The average molecular weight is 313 g/mol. The third-order valence-corrected chi connectivity index (χ3v) is 2.73. The number of carbonyl (C=O) groups is 1. The molecule has 104 valence electrons. The van der Waals surface area contributed by atoms with Crippen molar-refractivity contribution in [1.29, 1.82) is 0 Å². The van der Waals surface area contributed by atoms with Crippen LogP contribution >= 0.6 is 23.2 Å². The number of esters is 1. The molecule has 0 saturated heterocycles. The molecule has 1 heterocycles. The maximum absolute atomic E-state index is 11.7. The number of rotatable bonds is 4. The Kier molecular flexibility index (Phi) is 4.60. The number of nitrogens with zero attached hydrogens (tertiary/aromatic N) is 3. The lowest BCUT2D eigenvalue weighted by atomic mass is 10.3. The van der Waals surface area contributed by atoms with Crippen molar-refractivity contribution >= 4 is 40.6 Å². The minimum atomic E-state index is -0.559. The van der Waals surface area contributed by atoms with Crippen LogP contribution in [0.5, 0.6) is 0 Å². The molecule has 0 bridgehead atoms. The summed E-state index contributed by atoms with van der Waals surface area (Å²) in [7, 11) is 1.28. The first kappa shape index (κ1) is 14.4. The third-order valence-electron chi connectivity index (χ3n) is 2.30.